The maximum atomic E-state index is 6.16. The molecule has 0 atom stereocenters. The average Bonchev–Trinajstić information content (AvgIpc) is 2.50. The van der Waals surface area contributed by atoms with Gasteiger partial charge in [-0.3, -0.25) is 0 Å². The molecule has 2 aromatic rings. The molecule has 0 saturated heterocycles. The van der Waals surface area contributed by atoms with Crippen molar-refractivity contribution in [3.05, 3.63) is 42.5 Å². The van der Waals surface area contributed by atoms with Crippen LogP contribution in [0, 0.1) is 0 Å². The van der Waals surface area contributed by atoms with Crippen molar-refractivity contribution in [1.29, 1.82) is 0 Å². The maximum Gasteiger partial charge on any atom is 0.116 e. The van der Waals surface area contributed by atoms with Gasteiger partial charge in [-0.25, -0.2) is 0 Å². The second-order valence-corrected chi connectivity index (χ2v) is 9.23. The molecule has 0 radical (unpaired) electrons. The molecule has 0 aromatic heterocycles. The number of hydrogen-bond acceptors (Lipinski definition) is 1. The summed E-state index contributed by atoms with van der Waals surface area (Å²) in [5.41, 5.74) is 9.87. The molecule has 2 aromatic carbocycles. The smallest absolute Gasteiger partial charge is 0.116 e. The van der Waals surface area contributed by atoms with Crippen LogP contribution < -0.4 is 16.1 Å². The fraction of sp³-hybridized carbons (Fsp3) is 0.143. The Morgan fingerprint density at radius 2 is 1.56 bits per heavy atom. The van der Waals surface area contributed by atoms with Crippen molar-refractivity contribution < 1.29 is 0 Å². The van der Waals surface area contributed by atoms with E-state index in [4.69, 9.17) is 5.73 Å². The molecule has 2 heteroatoms. The number of nitrogen functional groups attached to an aromatic ring is 1. The van der Waals surface area contributed by atoms with Crippen molar-refractivity contribution in [3.8, 4) is 11.1 Å². The van der Waals surface area contributed by atoms with Gasteiger partial charge >= 0.3 is 0 Å². The van der Waals surface area contributed by atoms with Crippen LogP contribution in [0.1, 0.15) is 0 Å². The van der Waals surface area contributed by atoms with Gasteiger partial charge in [0.1, 0.15) is 8.07 Å². The maximum absolute atomic E-state index is 6.16. The molecular weight excluding hydrogens is 210 g/mol. The molecule has 0 spiro atoms. The Morgan fingerprint density at radius 1 is 0.875 bits per heavy atom. The third-order valence-corrected chi connectivity index (χ3v) is 7.20. The van der Waals surface area contributed by atoms with Crippen LogP contribution in [0.5, 0.6) is 0 Å². The molecule has 0 bridgehead atoms. The molecule has 0 amide bonds. The summed E-state index contributed by atoms with van der Waals surface area (Å²) in [7, 11) is -1.55. The highest BCUT2D eigenvalue weighted by molar-refractivity contribution is 7.04. The molecule has 16 heavy (non-hydrogen) atoms. The predicted octanol–water partition coefficient (Wildman–Crippen LogP) is 2.07. The second kappa shape index (κ2) is 2.98. The predicted molar refractivity (Wildman–Crippen MR) is 73.0 cm³/mol. The third-order valence-electron chi connectivity index (χ3n) is 3.61. The highest BCUT2D eigenvalue weighted by Crippen LogP contribution is 2.29. The van der Waals surface area contributed by atoms with Crippen molar-refractivity contribution in [2.45, 2.75) is 13.1 Å². The van der Waals surface area contributed by atoms with Crippen molar-refractivity contribution in [2.75, 3.05) is 5.73 Å². The van der Waals surface area contributed by atoms with Gasteiger partial charge in [-0.05, 0) is 27.6 Å². The fourth-order valence-corrected chi connectivity index (χ4v) is 6.26. The average molecular weight is 225 g/mol. The SMILES string of the molecule is C[Si]1(C)c2ccccc2-c2cccc(N)c21. The minimum absolute atomic E-state index is 0.963. The van der Waals surface area contributed by atoms with E-state index in [1.54, 1.807) is 0 Å². The van der Waals surface area contributed by atoms with Crippen LogP contribution in [0.15, 0.2) is 42.5 Å². The van der Waals surface area contributed by atoms with Gasteiger partial charge in [-0.15, -0.1) is 0 Å². The zero-order valence-corrected chi connectivity index (χ0v) is 10.6. The van der Waals surface area contributed by atoms with Crippen molar-refractivity contribution >= 4 is 24.1 Å². The number of benzene rings is 2. The van der Waals surface area contributed by atoms with E-state index in [9.17, 15) is 0 Å². The molecule has 0 saturated carbocycles. The van der Waals surface area contributed by atoms with E-state index in [0.29, 0.717) is 0 Å². The molecule has 1 heterocycles. The van der Waals surface area contributed by atoms with E-state index in [1.165, 1.54) is 21.5 Å². The summed E-state index contributed by atoms with van der Waals surface area (Å²) in [5, 5.41) is 2.93. The first kappa shape index (κ1) is 9.67. The number of fused-ring (bicyclic) bond motifs is 3. The molecule has 3 rings (SSSR count). The minimum atomic E-state index is -1.55. The summed E-state index contributed by atoms with van der Waals surface area (Å²) in [4.78, 5) is 0. The molecule has 2 N–H and O–H groups in total. The standard InChI is InChI=1S/C14H15NSi/c1-16(2)13-9-4-3-6-10(13)11-7-5-8-12(15)14(11)16/h3-9H,15H2,1-2H3. The van der Waals surface area contributed by atoms with Gasteiger partial charge < -0.3 is 5.73 Å². The molecule has 1 aliphatic heterocycles. The van der Waals surface area contributed by atoms with Crippen LogP contribution in [0.2, 0.25) is 13.1 Å². The Labute approximate surface area is 96.9 Å². The van der Waals surface area contributed by atoms with Crippen LogP contribution in [-0.4, -0.2) is 8.07 Å². The summed E-state index contributed by atoms with van der Waals surface area (Å²) < 4.78 is 0. The van der Waals surface area contributed by atoms with E-state index in [1.807, 2.05) is 6.07 Å². The lowest BCUT2D eigenvalue weighted by Gasteiger charge is -2.20. The van der Waals surface area contributed by atoms with Crippen LogP contribution in [0.25, 0.3) is 11.1 Å². The lowest BCUT2D eigenvalue weighted by molar-refractivity contribution is 1.69. The van der Waals surface area contributed by atoms with Gasteiger partial charge in [-0.2, -0.15) is 0 Å². The topological polar surface area (TPSA) is 26.0 Å². The van der Waals surface area contributed by atoms with Gasteiger partial charge in [0.2, 0.25) is 0 Å². The number of hydrogen-bond donors (Lipinski definition) is 1. The normalized spacial score (nSPS) is 15.6. The first-order chi connectivity index (χ1) is 7.62. The van der Waals surface area contributed by atoms with E-state index >= 15 is 0 Å². The fourth-order valence-electron chi connectivity index (χ4n) is 2.89. The molecule has 0 aliphatic carbocycles. The third kappa shape index (κ3) is 1.05. The highest BCUT2D eigenvalue weighted by atomic mass is 28.3. The summed E-state index contributed by atoms with van der Waals surface area (Å²) in [6, 6.07) is 15.0. The summed E-state index contributed by atoms with van der Waals surface area (Å²) in [6.45, 7) is 4.77. The molecule has 0 unspecified atom stereocenters. The van der Waals surface area contributed by atoms with Crippen molar-refractivity contribution in [3.63, 3.8) is 0 Å². The van der Waals surface area contributed by atoms with E-state index < -0.39 is 8.07 Å². The monoisotopic (exact) mass is 225 g/mol. The van der Waals surface area contributed by atoms with E-state index in [0.717, 1.165) is 5.69 Å². The lowest BCUT2D eigenvalue weighted by Crippen LogP contribution is -2.50. The van der Waals surface area contributed by atoms with Gasteiger partial charge in [0.15, 0.2) is 0 Å². The Morgan fingerprint density at radius 3 is 2.38 bits per heavy atom. The Kier molecular flexibility index (Phi) is 1.80. The first-order valence-electron chi connectivity index (χ1n) is 5.61. The Bertz CT molecular complexity index is 573. The van der Waals surface area contributed by atoms with Gasteiger partial charge in [0.25, 0.3) is 0 Å². The number of anilines is 1. The molecule has 1 nitrogen and oxygen atoms in total. The van der Waals surface area contributed by atoms with E-state index in [2.05, 4.69) is 49.5 Å². The first-order valence-corrected chi connectivity index (χ1v) is 8.61. The van der Waals surface area contributed by atoms with Crippen molar-refractivity contribution in [2.24, 2.45) is 0 Å². The minimum Gasteiger partial charge on any atom is -0.399 e. The van der Waals surface area contributed by atoms with Crippen molar-refractivity contribution in [1.82, 2.24) is 0 Å². The molecule has 0 fully saturated rings. The van der Waals surface area contributed by atoms with Crippen LogP contribution in [0.4, 0.5) is 5.69 Å². The number of rotatable bonds is 0. The second-order valence-electron chi connectivity index (χ2n) is 4.94. The van der Waals surface area contributed by atoms with Crippen LogP contribution in [0.3, 0.4) is 0 Å². The van der Waals surface area contributed by atoms with Gasteiger partial charge in [-0.1, -0.05) is 49.5 Å². The zero-order chi connectivity index (χ0) is 11.3. The molecular formula is C14H15NSi. The van der Waals surface area contributed by atoms with E-state index in [-0.39, 0.29) is 0 Å². The number of nitrogens with two attached hydrogens (primary N) is 1. The lowest BCUT2D eigenvalue weighted by atomic mass is 10.1. The quantitative estimate of drug-likeness (QED) is 0.539. The Balaban J connectivity index is 2.44. The van der Waals surface area contributed by atoms with Gasteiger partial charge in [0.05, 0.1) is 0 Å². The molecule has 80 valence electrons. The largest absolute Gasteiger partial charge is 0.399 e. The van der Waals surface area contributed by atoms with Crippen LogP contribution >= 0.6 is 0 Å². The van der Waals surface area contributed by atoms with Crippen LogP contribution in [-0.2, 0) is 0 Å². The molecule has 1 aliphatic rings. The summed E-state index contributed by atoms with van der Waals surface area (Å²) in [5.74, 6) is 0. The summed E-state index contributed by atoms with van der Waals surface area (Å²) >= 11 is 0. The zero-order valence-electron chi connectivity index (χ0n) is 9.62. The Hall–Kier alpha value is -1.54. The summed E-state index contributed by atoms with van der Waals surface area (Å²) in [6.07, 6.45) is 0. The highest BCUT2D eigenvalue weighted by Gasteiger charge is 2.38. The van der Waals surface area contributed by atoms with Gasteiger partial charge in [0, 0.05) is 5.69 Å².